The summed E-state index contributed by atoms with van der Waals surface area (Å²) in [5.74, 6) is -0.625. The normalized spacial score (nSPS) is 17.2. The van der Waals surface area contributed by atoms with Gasteiger partial charge in [0.15, 0.2) is 0 Å². The molecule has 3 rings (SSSR count). The van der Waals surface area contributed by atoms with E-state index in [0.717, 1.165) is 18.7 Å². The predicted molar refractivity (Wildman–Crippen MR) is 92.4 cm³/mol. The van der Waals surface area contributed by atoms with Crippen molar-refractivity contribution >= 4 is 5.91 Å². The first-order valence-corrected chi connectivity index (χ1v) is 8.37. The first-order chi connectivity index (χ1) is 12.2. The van der Waals surface area contributed by atoms with Gasteiger partial charge in [-0.1, -0.05) is 48.5 Å². The first kappa shape index (κ1) is 17.5. The lowest BCUT2D eigenvalue weighted by molar-refractivity contribution is -0.136. The van der Waals surface area contributed by atoms with Gasteiger partial charge in [-0.2, -0.15) is 0 Å². The Kier molecular flexibility index (Phi) is 5.75. The van der Waals surface area contributed by atoms with Crippen LogP contribution in [0.15, 0.2) is 54.6 Å². The van der Waals surface area contributed by atoms with E-state index in [4.69, 9.17) is 5.21 Å². The minimum Gasteiger partial charge on any atom is -0.296 e. The van der Waals surface area contributed by atoms with Crippen molar-refractivity contribution in [1.82, 2.24) is 15.3 Å². The monoisotopic (exact) mass is 343 g/mol. The summed E-state index contributed by atoms with van der Waals surface area (Å²) in [5.41, 5.74) is 3.30. The molecule has 0 radical (unpaired) electrons. The SMILES string of the molecule is O=C(NO)C(c1ccccc1)N1CCN(Cc2ccccc2F)CC1. The highest BCUT2D eigenvalue weighted by Gasteiger charge is 2.30. The molecule has 0 spiro atoms. The highest BCUT2D eigenvalue weighted by Crippen LogP contribution is 2.23. The quantitative estimate of drug-likeness (QED) is 0.645. The van der Waals surface area contributed by atoms with Crippen molar-refractivity contribution in [1.29, 1.82) is 0 Å². The molecule has 132 valence electrons. The molecule has 2 aromatic carbocycles. The molecule has 25 heavy (non-hydrogen) atoms. The van der Waals surface area contributed by atoms with E-state index in [1.165, 1.54) is 6.07 Å². The van der Waals surface area contributed by atoms with Crippen molar-refractivity contribution in [2.24, 2.45) is 0 Å². The second kappa shape index (κ2) is 8.20. The standard InChI is InChI=1S/C19H22FN3O2/c20-17-9-5-4-8-16(17)14-22-10-12-23(13-11-22)18(19(24)21-25)15-6-2-1-3-7-15/h1-9,18,25H,10-14H2,(H,21,24). The van der Waals surface area contributed by atoms with Crippen LogP contribution in [0.5, 0.6) is 0 Å². The van der Waals surface area contributed by atoms with Crippen LogP contribution >= 0.6 is 0 Å². The van der Waals surface area contributed by atoms with Gasteiger partial charge in [0, 0.05) is 38.3 Å². The van der Waals surface area contributed by atoms with Gasteiger partial charge in [0.25, 0.3) is 5.91 Å². The first-order valence-electron chi connectivity index (χ1n) is 8.37. The summed E-state index contributed by atoms with van der Waals surface area (Å²) in [6, 6.07) is 15.7. The van der Waals surface area contributed by atoms with E-state index in [1.54, 1.807) is 17.6 Å². The van der Waals surface area contributed by atoms with Crippen molar-refractivity contribution in [2.45, 2.75) is 12.6 Å². The molecule has 1 amide bonds. The summed E-state index contributed by atoms with van der Waals surface area (Å²) in [4.78, 5) is 16.4. The van der Waals surface area contributed by atoms with E-state index in [-0.39, 0.29) is 5.82 Å². The molecular formula is C19H22FN3O2. The number of benzene rings is 2. The zero-order valence-electron chi connectivity index (χ0n) is 13.9. The van der Waals surface area contributed by atoms with Crippen molar-refractivity contribution in [3.63, 3.8) is 0 Å². The second-order valence-corrected chi connectivity index (χ2v) is 6.19. The Labute approximate surface area is 146 Å². The smallest absolute Gasteiger partial charge is 0.265 e. The van der Waals surface area contributed by atoms with Crippen LogP contribution in [-0.2, 0) is 11.3 Å². The van der Waals surface area contributed by atoms with Gasteiger partial charge < -0.3 is 0 Å². The van der Waals surface area contributed by atoms with Crippen LogP contribution in [0.2, 0.25) is 0 Å². The van der Waals surface area contributed by atoms with E-state index in [2.05, 4.69) is 4.90 Å². The minimum absolute atomic E-state index is 0.188. The van der Waals surface area contributed by atoms with Crippen molar-refractivity contribution in [2.75, 3.05) is 26.2 Å². The molecule has 2 aromatic rings. The fourth-order valence-electron chi connectivity index (χ4n) is 3.27. The molecule has 1 atom stereocenters. The number of amides is 1. The van der Waals surface area contributed by atoms with Crippen LogP contribution in [0.3, 0.4) is 0 Å². The van der Waals surface area contributed by atoms with Crippen molar-refractivity contribution in [3.8, 4) is 0 Å². The number of carbonyl (C=O) groups is 1. The fraction of sp³-hybridized carbons (Fsp3) is 0.316. The third-order valence-corrected chi connectivity index (χ3v) is 4.60. The van der Waals surface area contributed by atoms with E-state index in [1.807, 2.05) is 41.3 Å². The number of nitrogens with one attached hydrogen (secondary N) is 1. The summed E-state index contributed by atoms with van der Waals surface area (Å²) in [6.45, 7) is 3.36. The molecule has 6 heteroatoms. The summed E-state index contributed by atoms with van der Waals surface area (Å²) in [7, 11) is 0. The summed E-state index contributed by atoms with van der Waals surface area (Å²) in [5, 5.41) is 9.10. The number of halogens is 1. The summed E-state index contributed by atoms with van der Waals surface area (Å²) in [6.07, 6.45) is 0. The molecule has 0 aromatic heterocycles. The third kappa shape index (κ3) is 4.22. The van der Waals surface area contributed by atoms with Gasteiger partial charge in [0.1, 0.15) is 11.9 Å². The number of nitrogens with zero attached hydrogens (tertiary/aromatic N) is 2. The number of piperazine rings is 1. The van der Waals surface area contributed by atoms with Gasteiger partial charge in [0.05, 0.1) is 0 Å². The number of carbonyl (C=O) groups excluding carboxylic acids is 1. The largest absolute Gasteiger partial charge is 0.296 e. The Bertz CT molecular complexity index is 703. The van der Waals surface area contributed by atoms with Crippen molar-refractivity contribution in [3.05, 3.63) is 71.5 Å². The zero-order valence-corrected chi connectivity index (χ0v) is 13.9. The molecule has 0 saturated carbocycles. The zero-order chi connectivity index (χ0) is 17.6. The molecule has 0 bridgehead atoms. The second-order valence-electron chi connectivity index (χ2n) is 6.19. The molecule has 2 N–H and O–H groups in total. The van der Waals surface area contributed by atoms with E-state index in [9.17, 15) is 9.18 Å². The van der Waals surface area contributed by atoms with Crippen LogP contribution in [-0.4, -0.2) is 47.1 Å². The molecule has 1 fully saturated rings. The Balaban J connectivity index is 1.65. The Morgan fingerprint density at radius 1 is 1.04 bits per heavy atom. The highest BCUT2D eigenvalue weighted by molar-refractivity contribution is 5.82. The fourth-order valence-corrected chi connectivity index (χ4v) is 3.27. The number of hydrogen-bond acceptors (Lipinski definition) is 4. The Hall–Kier alpha value is -2.28. The molecule has 1 aliphatic rings. The molecular weight excluding hydrogens is 321 g/mol. The average molecular weight is 343 g/mol. The molecule has 1 heterocycles. The maximum absolute atomic E-state index is 13.8. The van der Waals surface area contributed by atoms with Gasteiger partial charge >= 0.3 is 0 Å². The molecule has 1 aliphatic heterocycles. The highest BCUT2D eigenvalue weighted by atomic mass is 19.1. The van der Waals surface area contributed by atoms with Crippen LogP contribution in [0.1, 0.15) is 17.2 Å². The van der Waals surface area contributed by atoms with Gasteiger partial charge in [0.2, 0.25) is 0 Å². The number of hydrogen-bond donors (Lipinski definition) is 2. The third-order valence-electron chi connectivity index (χ3n) is 4.60. The van der Waals surface area contributed by atoms with Crippen LogP contribution in [0, 0.1) is 5.82 Å². The molecule has 5 nitrogen and oxygen atoms in total. The van der Waals surface area contributed by atoms with Gasteiger partial charge in [-0.25, -0.2) is 9.87 Å². The van der Waals surface area contributed by atoms with Crippen molar-refractivity contribution < 1.29 is 14.4 Å². The maximum atomic E-state index is 13.8. The van der Waals surface area contributed by atoms with E-state index in [0.29, 0.717) is 25.2 Å². The van der Waals surface area contributed by atoms with Crippen LogP contribution < -0.4 is 5.48 Å². The Morgan fingerprint density at radius 2 is 1.68 bits per heavy atom. The topological polar surface area (TPSA) is 55.8 Å². The Morgan fingerprint density at radius 3 is 2.32 bits per heavy atom. The van der Waals surface area contributed by atoms with Crippen LogP contribution in [0.25, 0.3) is 0 Å². The predicted octanol–water partition coefficient (Wildman–Crippen LogP) is 2.19. The molecule has 0 aliphatic carbocycles. The summed E-state index contributed by atoms with van der Waals surface area (Å²) >= 11 is 0. The molecule has 1 saturated heterocycles. The van der Waals surface area contributed by atoms with Crippen LogP contribution in [0.4, 0.5) is 4.39 Å². The van der Waals surface area contributed by atoms with Gasteiger partial charge in [-0.3, -0.25) is 19.8 Å². The van der Waals surface area contributed by atoms with Gasteiger partial charge in [-0.05, 0) is 11.6 Å². The van der Waals surface area contributed by atoms with E-state index >= 15 is 0 Å². The lowest BCUT2D eigenvalue weighted by Crippen LogP contribution is -2.50. The van der Waals surface area contributed by atoms with E-state index < -0.39 is 11.9 Å². The molecule has 1 unspecified atom stereocenters. The summed E-state index contributed by atoms with van der Waals surface area (Å²) < 4.78 is 13.8. The lowest BCUT2D eigenvalue weighted by Gasteiger charge is -2.38. The number of rotatable bonds is 5. The minimum atomic E-state index is -0.526. The van der Waals surface area contributed by atoms with Gasteiger partial charge in [-0.15, -0.1) is 0 Å². The number of hydroxylamine groups is 1. The maximum Gasteiger partial charge on any atom is 0.265 e. The lowest BCUT2D eigenvalue weighted by atomic mass is 10.0. The average Bonchev–Trinajstić information content (AvgIpc) is 2.66.